The molecule has 0 radical (unpaired) electrons. The summed E-state index contributed by atoms with van der Waals surface area (Å²) in [5.41, 5.74) is 2.61. The van der Waals surface area contributed by atoms with E-state index >= 15 is 0 Å². The first-order chi connectivity index (χ1) is 20.8. The number of hydrogen-bond donors (Lipinski definition) is 1. The Morgan fingerprint density at radius 3 is 1.77 bits per heavy atom. The van der Waals surface area contributed by atoms with Crippen molar-refractivity contribution >= 4 is 43.7 Å². The van der Waals surface area contributed by atoms with Gasteiger partial charge in [-0.15, -0.1) is 0 Å². The van der Waals surface area contributed by atoms with Crippen LogP contribution in [0, 0.1) is 0 Å². The molecule has 43 heavy (non-hydrogen) atoms. The zero-order valence-corrected chi connectivity index (χ0v) is 24.0. The van der Waals surface area contributed by atoms with Gasteiger partial charge in [0, 0.05) is 5.39 Å². The van der Waals surface area contributed by atoms with E-state index in [1.54, 1.807) is 42.5 Å². The third kappa shape index (κ3) is 5.84. The normalized spacial score (nSPS) is 12.1. The van der Waals surface area contributed by atoms with Gasteiger partial charge in [0.15, 0.2) is 11.3 Å². The van der Waals surface area contributed by atoms with Crippen LogP contribution < -0.4 is 14.1 Å². The molecule has 0 amide bonds. The summed E-state index contributed by atoms with van der Waals surface area (Å²) < 4.78 is 60.7. The van der Waals surface area contributed by atoms with Crippen LogP contribution in [0.3, 0.4) is 0 Å². The van der Waals surface area contributed by atoms with Gasteiger partial charge in [-0.1, -0.05) is 97.1 Å². The Hall–Kier alpha value is -5.03. The zero-order valence-electron chi connectivity index (χ0n) is 22.4. The molecule has 10 heteroatoms. The molecule has 0 aliphatic rings. The van der Waals surface area contributed by atoms with E-state index in [0.29, 0.717) is 0 Å². The van der Waals surface area contributed by atoms with Crippen LogP contribution in [0.4, 0.5) is 11.4 Å². The Kier molecular flexibility index (Phi) is 7.64. The van der Waals surface area contributed by atoms with Crippen LogP contribution in [0.2, 0.25) is 0 Å². The first-order valence-corrected chi connectivity index (χ1v) is 15.5. The van der Waals surface area contributed by atoms with Gasteiger partial charge in [0.05, 0.1) is 5.69 Å². The summed E-state index contributed by atoms with van der Waals surface area (Å²) in [6.45, 7) is 0. The Morgan fingerprint density at radius 2 is 1.21 bits per heavy atom. The Balaban J connectivity index is 1.32. The lowest BCUT2D eigenvalue weighted by Gasteiger charge is -2.19. The predicted molar refractivity (Wildman–Crippen MR) is 167 cm³/mol. The summed E-state index contributed by atoms with van der Waals surface area (Å²) in [6, 6.07) is 38.0. The smallest absolute Gasteiger partial charge is 0.361 e. The number of benzene rings is 5. The van der Waals surface area contributed by atoms with Crippen molar-refractivity contribution in [3.63, 3.8) is 0 Å². The molecule has 0 saturated heterocycles. The van der Waals surface area contributed by atoms with Crippen LogP contribution >= 0.6 is 0 Å². The minimum Gasteiger partial charge on any atom is -0.417 e. The highest BCUT2D eigenvalue weighted by molar-refractivity contribution is 7.87. The van der Waals surface area contributed by atoms with E-state index in [9.17, 15) is 22.0 Å². The molecular formula is C33H23NO7S2. The second-order valence-electron chi connectivity index (χ2n) is 9.46. The molecular weight excluding hydrogens is 586 g/mol. The molecule has 0 aliphatic carbocycles. The van der Waals surface area contributed by atoms with Crippen molar-refractivity contribution in [1.29, 1.82) is 0 Å². The van der Waals surface area contributed by atoms with E-state index < -0.39 is 27.0 Å². The van der Waals surface area contributed by atoms with Crippen molar-refractivity contribution in [2.24, 2.45) is 0 Å². The van der Waals surface area contributed by atoms with Crippen molar-refractivity contribution in [2.75, 3.05) is 4.31 Å². The molecule has 6 rings (SSSR count). The van der Waals surface area contributed by atoms with Crippen LogP contribution in [-0.4, -0.2) is 17.2 Å². The molecule has 214 valence electrons. The fourth-order valence-electron chi connectivity index (χ4n) is 4.66. The van der Waals surface area contributed by atoms with E-state index in [1.807, 2.05) is 60.7 Å². The average molecular weight is 610 g/mol. The van der Waals surface area contributed by atoms with E-state index in [0.717, 1.165) is 26.6 Å². The minimum atomic E-state index is -4.29. The van der Waals surface area contributed by atoms with Gasteiger partial charge in [0.2, 0.25) is 0 Å². The SMILES string of the molecule is O=c1oc2c(OS(=O)(=O)c3ccc(-c4ccccc4)cc3)cccc2cc1N(c1ccc(-c2ccccc2)cc1)S(=O)O. The zero-order chi connectivity index (χ0) is 30.0. The van der Waals surface area contributed by atoms with E-state index in [2.05, 4.69) is 0 Å². The first-order valence-electron chi connectivity index (χ1n) is 13.0. The summed E-state index contributed by atoms with van der Waals surface area (Å²) in [6.07, 6.45) is 0. The quantitative estimate of drug-likeness (QED) is 0.111. The van der Waals surface area contributed by atoms with Crippen LogP contribution in [0.15, 0.2) is 148 Å². The van der Waals surface area contributed by atoms with Gasteiger partial charge in [-0.3, -0.25) is 4.55 Å². The van der Waals surface area contributed by atoms with E-state index in [-0.39, 0.29) is 33.0 Å². The maximum absolute atomic E-state index is 13.1. The van der Waals surface area contributed by atoms with Crippen molar-refractivity contribution in [1.82, 2.24) is 0 Å². The lowest BCUT2D eigenvalue weighted by Crippen LogP contribution is -2.24. The molecule has 1 atom stereocenters. The topological polar surface area (TPSA) is 114 Å². The summed E-state index contributed by atoms with van der Waals surface area (Å²) >= 11 is -2.63. The summed E-state index contributed by atoms with van der Waals surface area (Å²) in [5.74, 6) is -0.197. The Morgan fingerprint density at radius 1 is 0.674 bits per heavy atom. The molecule has 1 N–H and O–H groups in total. The van der Waals surface area contributed by atoms with Gasteiger partial charge in [-0.2, -0.15) is 8.42 Å². The van der Waals surface area contributed by atoms with Gasteiger partial charge < -0.3 is 8.60 Å². The Labute approximate surface area is 250 Å². The molecule has 6 aromatic rings. The fourth-order valence-corrected chi connectivity index (χ4v) is 6.19. The largest absolute Gasteiger partial charge is 0.417 e. The van der Waals surface area contributed by atoms with Gasteiger partial charge >= 0.3 is 15.7 Å². The molecule has 0 fully saturated rings. The van der Waals surface area contributed by atoms with Crippen LogP contribution in [0.25, 0.3) is 33.2 Å². The monoisotopic (exact) mass is 609 g/mol. The van der Waals surface area contributed by atoms with Crippen molar-refractivity contribution in [2.45, 2.75) is 4.90 Å². The summed E-state index contributed by atoms with van der Waals surface area (Å²) in [5, 5.41) is 0.290. The van der Waals surface area contributed by atoms with Gasteiger partial charge in [-0.05, 0) is 58.7 Å². The third-order valence-corrected chi connectivity index (χ3v) is 8.71. The molecule has 1 unspecified atom stereocenters. The number of fused-ring (bicyclic) bond motifs is 1. The molecule has 0 bridgehead atoms. The highest BCUT2D eigenvalue weighted by Crippen LogP contribution is 2.33. The standard InChI is InChI=1S/C33H23NO7S2/c35-33-30(34(42(36)37)28-18-14-25(15-19-28)23-8-3-1-4-9-23)22-27-12-7-13-31(32(27)40-33)41-43(38,39)29-20-16-26(17-21-29)24-10-5-2-6-11-24/h1-22H,(H,36,37). The van der Waals surface area contributed by atoms with Crippen LogP contribution in [0.1, 0.15) is 0 Å². The lowest BCUT2D eigenvalue weighted by atomic mass is 10.1. The maximum Gasteiger partial charge on any atom is 0.361 e. The lowest BCUT2D eigenvalue weighted by molar-refractivity contribution is 0.475. The van der Waals surface area contributed by atoms with Crippen LogP contribution in [-0.2, 0) is 21.4 Å². The van der Waals surface area contributed by atoms with Crippen LogP contribution in [0.5, 0.6) is 5.75 Å². The predicted octanol–water partition coefficient (Wildman–Crippen LogP) is 7.17. The Bertz CT molecular complexity index is 2100. The maximum atomic E-state index is 13.1. The molecule has 0 spiro atoms. The van der Waals surface area contributed by atoms with Gasteiger partial charge in [-0.25, -0.2) is 13.3 Å². The highest BCUT2D eigenvalue weighted by atomic mass is 32.2. The van der Waals surface area contributed by atoms with E-state index in [1.165, 1.54) is 30.3 Å². The molecule has 0 saturated carbocycles. The average Bonchev–Trinajstić information content (AvgIpc) is 3.03. The second-order valence-corrected chi connectivity index (χ2v) is 11.8. The molecule has 5 aromatic carbocycles. The van der Waals surface area contributed by atoms with Gasteiger partial charge in [0.25, 0.3) is 11.3 Å². The van der Waals surface area contributed by atoms with Crippen molar-refractivity contribution in [3.05, 3.63) is 144 Å². The fraction of sp³-hybridized carbons (Fsp3) is 0. The molecule has 0 aliphatic heterocycles. The first kappa shape index (κ1) is 28.1. The third-order valence-electron chi connectivity index (χ3n) is 6.74. The van der Waals surface area contributed by atoms with Gasteiger partial charge in [0.1, 0.15) is 10.6 Å². The number of para-hydroxylation sites is 1. The number of rotatable bonds is 8. The molecule has 1 heterocycles. The van der Waals surface area contributed by atoms with Crippen molar-refractivity contribution < 1.29 is 25.8 Å². The highest BCUT2D eigenvalue weighted by Gasteiger charge is 2.24. The number of anilines is 2. The number of hydrogen-bond acceptors (Lipinski definition) is 6. The summed E-state index contributed by atoms with van der Waals surface area (Å²) in [4.78, 5) is 13.1. The number of nitrogens with zero attached hydrogens (tertiary/aromatic N) is 1. The second kappa shape index (κ2) is 11.7. The molecule has 8 nitrogen and oxygen atoms in total. The summed E-state index contributed by atoms with van der Waals surface area (Å²) in [7, 11) is -4.29. The minimum absolute atomic E-state index is 0.0797. The van der Waals surface area contributed by atoms with Crippen molar-refractivity contribution in [3.8, 4) is 28.0 Å². The molecule has 1 aromatic heterocycles. The van der Waals surface area contributed by atoms with E-state index in [4.69, 9.17) is 8.60 Å².